The first-order chi connectivity index (χ1) is 17.2. The fourth-order valence-electron chi connectivity index (χ4n) is 4.41. The van der Waals surface area contributed by atoms with Crippen LogP contribution in [0.5, 0.6) is 0 Å². The lowest BCUT2D eigenvalue weighted by atomic mass is 9.93. The molecule has 0 bridgehead atoms. The van der Waals surface area contributed by atoms with Crippen LogP contribution in [-0.2, 0) is 19.0 Å². The molecule has 37 heavy (non-hydrogen) atoms. The molecule has 0 saturated carbocycles. The molecule has 3 rings (SSSR count). The van der Waals surface area contributed by atoms with E-state index in [1.165, 1.54) is 12.1 Å². The summed E-state index contributed by atoms with van der Waals surface area (Å²) in [7, 11) is 1.78. The molecule has 8 heteroatoms. The maximum absolute atomic E-state index is 13.7. The zero-order chi connectivity index (χ0) is 27.5. The van der Waals surface area contributed by atoms with Gasteiger partial charge in [-0.3, -0.25) is 4.79 Å². The predicted molar refractivity (Wildman–Crippen MR) is 144 cm³/mol. The van der Waals surface area contributed by atoms with E-state index in [1.54, 1.807) is 19.2 Å². The summed E-state index contributed by atoms with van der Waals surface area (Å²) < 4.78 is 31.5. The van der Waals surface area contributed by atoms with Gasteiger partial charge in [0.05, 0.1) is 30.0 Å². The van der Waals surface area contributed by atoms with Gasteiger partial charge in [0.15, 0.2) is 5.79 Å². The number of hydrogen-bond acceptors (Lipinski definition) is 7. The van der Waals surface area contributed by atoms with Crippen molar-refractivity contribution in [3.8, 4) is 11.3 Å². The summed E-state index contributed by atoms with van der Waals surface area (Å²) in [5, 5.41) is 3.04. The van der Waals surface area contributed by atoms with E-state index in [4.69, 9.17) is 24.2 Å². The second kappa shape index (κ2) is 11.3. The molecule has 0 spiro atoms. The molecule has 1 aromatic carbocycles. The maximum Gasteiger partial charge on any atom is 0.308 e. The summed E-state index contributed by atoms with van der Waals surface area (Å²) in [6.07, 6.45) is 2.05. The molecule has 1 fully saturated rings. The van der Waals surface area contributed by atoms with Crippen molar-refractivity contribution in [2.24, 2.45) is 0 Å². The number of benzene rings is 1. The number of nitrogens with zero attached hydrogens (tertiary/aromatic N) is 2. The van der Waals surface area contributed by atoms with Crippen LogP contribution in [-0.4, -0.2) is 46.6 Å². The molecule has 0 aliphatic carbocycles. The van der Waals surface area contributed by atoms with Gasteiger partial charge in [-0.25, -0.2) is 14.4 Å². The van der Waals surface area contributed by atoms with Crippen LogP contribution < -0.4 is 5.32 Å². The number of carbonyl (C=O) groups is 1. The molecule has 2 unspecified atom stereocenters. The van der Waals surface area contributed by atoms with E-state index < -0.39 is 11.4 Å². The van der Waals surface area contributed by atoms with Crippen LogP contribution in [0.25, 0.3) is 17.3 Å². The number of esters is 1. The van der Waals surface area contributed by atoms with Gasteiger partial charge in [0, 0.05) is 24.6 Å². The fourth-order valence-corrected chi connectivity index (χ4v) is 4.41. The monoisotopic (exact) mass is 513 g/mol. The Morgan fingerprint density at radius 1 is 1.22 bits per heavy atom. The van der Waals surface area contributed by atoms with Crippen molar-refractivity contribution in [1.82, 2.24) is 9.97 Å². The summed E-state index contributed by atoms with van der Waals surface area (Å²) in [6, 6.07) is 6.30. The lowest BCUT2D eigenvalue weighted by Crippen LogP contribution is -2.46. The lowest BCUT2D eigenvalue weighted by Gasteiger charge is -2.41. The molecule has 1 aromatic heterocycles. The van der Waals surface area contributed by atoms with E-state index in [1.807, 2.05) is 47.6 Å². The minimum atomic E-state index is -0.877. The summed E-state index contributed by atoms with van der Waals surface area (Å²) >= 11 is 0. The highest BCUT2D eigenvalue weighted by atomic mass is 19.1. The number of anilines is 1. The number of aromatic nitrogens is 2. The molecule has 0 amide bonds. The number of halogens is 1. The first-order valence-corrected chi connectivity index (χ1v) is 12.8. The van der Waals surface area contributed by atoms with Crippen molar-refractivity contribution in [3.05, 3.63) is 46.9 Å². The van der Waals surface area contributed by atoms with E-state index in [9.17, 15) is 9.18 Å². The minimum Gasteiger partial charge on any atom is -0.460 e. The first kappa shape index (κ1) is 28.7. The van der Waals surface area contributed by atoms with Gasteiger partial charge in [-0.15, -0.1) is 0 Å². The Hall–Kier alpha value is -2.84. The molecule has 2 heterocycles. The van der Waals surface area contributed by atoms with Gasteiger partial charge in [0.1, 0.15) is 11.4 Å². The van der Waals surface area contributed by atoms with E-state index in [-0.39, 0.29) is 36.3 Å². The third-order valence-electron chi connectivity index (χ3n) is 5.91. The second-order valence-corrected chi connectivity index (χ2v) is 11.3. The summed E-state index contributed by atoms with van der Waals surface area (Å²) in [5.74, 6) is -0.873. The smallest absolute Gasteiger partial charge is 0.308 e. The predicted octanol–water partition coefficient (Wildman–Crippen LogP) is 6.49. The quantitative estimate of drug-likeness (QED) is 0.424. The molecular weight excluding hydrogens is 473 g/mol. The molecule has 2 atom stereocenters. The Morgan fingerprint density at radius 3 is 2.43 bits per heavy atom. The van der Waals surface area contributed by atoms with Crippen LogP contribution in [0.1, 0.15) is 85.4 Å². The van der Waals surface area contributed by atoms with Crippen LogP contribution in [0.3, 0.4) is 0 Å². The topological polar surface area (TPSA) is 82.6 Å². The highest BCUT2D eigenvalue weighted by Gasteiger charge is 2.38. The van der Waals surface area contributed by atoms with Crippen LogP contribution in [0.2, 0.25) is 0 Å². The number of carbonyl (C=O) groups excluding carboxylic acids is 1. The van der Waals surface area contributed by atoms with Crippen molar-refractivity contribution >= 4 is 18.0 Å². The standard InChI is InChI=1S/C29H40FN3O4/c1-17(2)25-22(26(33-27(31-9)32-25)19-10-12-20(30)13-11-19)14-18(3)23-15-21(35-29(7,8)36-23)16-24(34)37-28(4,5)6/h10-14,17,21,23H,15-16H2,1-9H3,(H,31,32,33)/b18-14+. The number of nitrogens with one attached hydrogen (secondary N) is 1. The van der Waals surface area contributed by atoms with Crippen LogP contribution in [0.15, 0.2) is 29.8 Å². The van der Waals surface area contributed by atoms with Crippen molar-refractivity contribution in [3.63, 3.8) is 0 Å². The third-order valence-corrected chi connectivity index (χ3v) is 5.91. The zero-order valence-electron chi connectivity index (χ0n) is 23.4. The van der Waals surface area contributed by atoms with Gasteiger partial charge in [-0.1, -0.05) is 13.8 Å². The second-order valence-electron chi connectivity index (χ2n) is 11.3. The van der Waals surface area contributed by atoms with Crippen LogP contribution >= 0.6 is 0 Å². The Balaban J connectivity index is 2.00. The van der Waals surface area contributed by atoms with Gasteiger partial charge < -0.3 is 19.5 Å². The highest BCUT2D eigenvalue weighted by molar-refractivity contribution is 5.75. The normalized spacial score (nSPS) is 20.1. The van der Waals surface area contributed by atoms with Crippen molar-refractivity contribution < 1.29 is 23.4 Å². The zero-order valence-corrected chi connectivity index (χ0v) is 23.4. The Labute approximate surface area is 219 Å². The van der Waals surface area contributed by atoms with Crippen LogP contribution in [0, 0.1) is 5.82 Å². The van der Waals surface area contributed by atoms with Gasteiger partial charge >= 0.3 is 5.97 Å². The molecular formula is C29H40FN3O4. The third kappa shape index (κ3) is 7.82. The van der Waals surface area contributed by atoms with Crippen LogP contribution in [0.4, 0.5) is 10.3 Å². The van der Waals surface area contributed by atoms with E-state index in [0.717, 1.165) is 22.4 Å². The summed E-state index contributed by atoms with van der Waals surface area (Å²) in [4.78, 5) is 22.0. The highest BCUT2D eigenvalue weighted by Crippen LogP contribution is 2.35. The molecule has 1 aliphatic heterocycles. The van der Waals surface area contributed by atoms with Crippen molar-refractivity contribution in [2.45, 2.75) is 97.7 Å². The molecule has 0 radical (unpaired) electrons. The van der Waals surface area contributed by atoms with Gasteiger partial charge in [-0.05, 0) is 83.4 Å². The Kier molecular flexibility index (Phi) is 8.75. The number of hydrogen-bond donors (Lipinski definition) is 1. The average Bonchev–Trinajstić information content (AvgIpc) is 2.77. The summed E-state index contributed by atoms with van der Waals surface area (Å²) in [5.41, 5.74) is 3.62. The first-order valence-electron chi connectivity index (χ1n) is 12.8. The maximum atomic E-state index is 13.7. The SMILES string of the molecule is CNc1nc(-c2ccc(F)cc2)c(/C=C(\C)C2CC(CC(=O)OC(C)(C)C)OC(C)(C)O2)c(C(C)C)n1. The fraction of sp³-hybridized carbons (Fsp3) is 0.552. The van der Waals surface area contributed by atoms with Gasteiger partial charge in [0.2, 0.25) is 5.95 Å². The molecule has 7 nitrogen and oxygen atoms in total. The van der Waals surface area contributed by atoms with Crippen molar-refractivity contribution in [2.75, 3.05) is 12.4 Å². The molecule has 1 saturated heterocycles. The molecule has 202 valence electrons. The van der Waals surface area contributed by atoms with Gasteiger partial charge in [-0.2, -0.15) is 0 Å². The Bertz CT molecular complexity index is 1140. The molecule has 2 aromatic rings. The average molecular weight is 514 g/mol. The lowest BCUT2D eigenvalue weighted by molar-refractivity contribution is -0.292. The number of rotatable bonds is 7. The molecule has 1 N–H and O–H groups in total. The molecule has 1 aliphatic rings. The van der Waals surface area contributed by atoms with Gasteiger partial charge in [0.25, 0.3) is 0 Å². The Morgan fingerprint density at radius 2 is 1.86 bits per heavy atom. The van der Waals surface area contributed by atoms with E-state index in [2.05, 4.69) is 19.2 Å². The minimum absolute atomic E-state index is 0.111. The summed E-state index contributed by atoms with van der Waals surface area (Å²) in [6.45, 7) is 15.4. The number of ether oxygens (including phenoxy) is 3. The van der Waals surface area contributed by atoms with E-state index >= 15 is 0 Å². The largest absolute Gasteiger partial charge is 0.460 e. The van der Waals surface area contributed by atoms with E-state index in [0.29, 0.717) is 18.1 Å². The van der Waals surface area contributed by atoms with Crippen molar-refractivity contribution in [1.29, 1.82) is 0 Å².